The number of fused-ring (bicyclic) bond motifs is 2. The van der Waals surface area contributed by atoms with Crippen molar-refractivity contribution in [2.45, 2.75) is 33.3 Å². The minimum atomic E-state index is -0.560. The summed E-state index contributed by atoms with van der Waals surface area (Å²) in [5, 5.41) is 2.26. The number of rotatable bonds is 5. The number of amides is 1. The van der Waals surface area contributed by atoms with Crippen molar-refractivity contribution in [1.29, 1.82) is 0 Å². The van der Waals surface area contributed by atoms with Gasteiger partial charge in [0.1, 0.15) is 34.2 Å². The fourth-order valence-corrected chi connectivity index (χ4v) is 4.70. The smallest absolute Gasteiger partial charge is 0.410 e. The van der Waals surface area contributed by atoms with E-state index in [0.717, 1.165) is 10.8 Å². The zero-order chi connectivity index (χ0) is 27.7. The molecule has 5 rings (SSSR count). The Bertz CT molecular complexity index is 1530. The number of methoxy groups -OCH3 is 1. The summed E-state index contributed by atoms with van der Waals surface area (Å²) in [4.78, 5) is 29.9. The molecule has 0 unspecified atom stereocenters. The molecule has 9 nitrogen and oxygen atoms in total. The predicted octanol–water partition coefficient (Wildman–Crippen LogP) is 5.33. The van der Waals surface area contributed by atoms with Crippen molar-refractivity contribution in [3.05, 3.63) is 54.2 Å². The lowest BCUT2D eigenvalue weighted by Gasteiger charge is -2.36. The second-order valence-electron chi connectivity index (χ2n) is 10.5. The zero-order valence-corrected chi connectivity index (χ0v) is 22.8. The average molecular weight is 534 g/mol. The van der Waals surface area contributed by atoms with Crippen LogP contribution in [-0.4, -0.2) is 71.6 Å². The van der Waals surface area contributed by atoms with Crippen LogP contribution in [0, 0.1) is 12.7 Å². The molecule has 39 heavy (non-hydrogen) atoms. The SMILES string of the molecule is COCOc1cc(-c2ncc3c(N4CCN(C(=O)OC(C)(C)C)CC4)nc(C)nc3c2F)c2ccccc2c1. The van der Waals surface area contributed by atoms with Gasteiger partial charge in [0.2, 0.25) is 0 Å². The van der Waals surface area contributed by atoms with Crippen LogP contribution >= 0.6 is 0 Å². The third-order valence-corrected chi connectivity index (χ3v) is 6.44. The number of benzene rings is 2. The summed E-state index contributed by atoms with van der Waals surface area (Å²) in [6.07, 6.45) is 1.28. The van der Waals surface area contributed by atoms with Gasteiger partial charge in [-0.2, -0.15) is 0 Å². The van der Waals surface area contributed by atoms with E-state index in [1.54, 1.807) is 31.2 Å². The first kappa shape index (κ1) is 26.6. The largest absolute Gasteiger partial charge is 0.468 e. The van der Waals surface area contributed by atoms with Crippen LogP contribution in [-0.2, 0) is 9.47 Å². The molecule has 0 N–H and O–H groups in total. The van der Waals surface area contributed by atoms with E-state index in [1.807, 2.05) is 56.0 Å². The number of ether oxygens (including phenoxy) is 3. The number of aromatic nitrogens is 3. The molecule has 2 aromatic carbocycles. The molecule has 2 aromatic heterocycles. The average Bonchev–Trinajstić information content (AvgIpc) is 2.91. The molecule has 4 aromatic rings. The first-order valence-corrected chi connectivity index (χ1v) is 12.9. The fourth-order valence-electron chi connectivity index (χ4n) is 4.70. The molecule has 0 radical (unpaired) electrons. The molecule has 3 heterocycles. The number of anilines is 1. The number of piperazine rings is 1. The molecule has 1 aliphatic rings. The van der Waals surface area contributed by atoms with Gasteiger partial charge in [0, 0.05) is 45.0 Å². The number of hydrogen-bond acceptors (Lipinski definition) is 8. The van der Waals surface area contributed by atoms with E-state index in [4.69, 9.17) is 14.2 Å². The second-order valence-corrected chi connectivity index (χ2v) is 10.5. The molecular weight excluding hydrogens is 501 g/mol. The summed E-state index contributed by atoms with van der Waals surface area (Å²) in [5.41, 5.74) is 0.419. The molecule has 0 aliphatic carbocycles. The number of nitrogens with zero attached hydrogens (tertiary/aromatic N) is 5. The van der Waals surface area contributed by atoms with Crippen LogP contribution in [0.4, 0.5) is 15.0 Å². The van der Waals surface area contributed by atoms with Gasteiger partial charge in [-0.3, -0.25) is 4.98 Å². The van der Waals surface area contributed by atoms with Gasteiger partial charge in [-0.05, 0) is 50.6 Å². The van der Waals surface area contributed by atoms with E-state index in [0.29, 0.717) is 54.5 Å². The number of carbonyl (C=O) groups excluding carboxylic acids is 1. The lowest BCUT2D eigenvalue weighted by Crippen LogP contribution is -2.50. The van der Waals surface area contributed by atoms with Crippen LogP contribution in [0.5, 0.6) is 5.75 Å². The number of carbonyl (C=O) groups is 1. The Morgan fingerprint density at radius 1 is 1.05 bits per heavy atom. The third-order valence-electron chi connectivity index (χ3n) is 6.44. The molecule has 0 bridgehead atoms. The van der Waals surface area contributed by atoms with Crippen LogP contribution in [0.25, 0.3) is 32.9 Å². The summed E-state index contributed by atoms with van der Waals surface area (Å²) in [6.45, 7) is 9.34. The Morgan fingerprint density at radius 3 is 2.51 bits per heavy atom. The molecular formula is C29H32FN5O4. The fraction of sp³-hybridized carbons (Fsp3) is 0.379. The Labute approximate surface area is 226 Å². The molecule has 0 saturated carbocycles. The van der Waals surface area contributed by atoms with E-state index in [2.05, 4.69) is 15.0 Å². The van der Waals surface area contributed by atoms with Crippen molar-refractivity contribution < 1.29 is 23.4 Å². The van der Waals surface area contributed by atoms with Crippen molar-refractivity contribution in [2.24, 2.45) is 0 Å². The number of halogens is 1. The van der Waals surface area contributed by atoms with Gasteiger partial charge in [-0.25, -0.2) is 19.2 Å². The molecule has 204 valence electrons. The van der Waals surface area contributed by atoms with E-state index in [9.17, 15) is 4.79 Å². The van der Waals surface area contributed by atoms with Crippen molar-refractivity contribution >= 4 is 33.6 Å². The van der Waals surface area contributed by atoms with E-state index >= 15 is 4.39 Å². The molecule has 1 aliphatic heterocycles. The maximum atomic E-state index is 16.2. The Balaban J connectivity index is 1.51. The van der Waals surface area contributed by atoms with Gasteiger partial charge in [0.05, 0.1) is 5.39 Å². The highest BCUT2D eigenvalue weighted by Crippen LogP contribution is 2.36. The molecule has 0 atom stereocenters. The molecule has 1 saturated heterocycles. The number of pyridine rings is 1. The van der Waals surface area contributed by atoms with Crippen molar-refractivity contribution in [3.8, 4) is 17.0 Å². The van der Waals surface area contributed by atoms with E-state index in [-0.39, 0.29) is 24.1 Å². The summed E-state index contributed by atoms with van der Waals surface area (Å²) < 4.78 is 32.4. The van der Waals surface area contributed by atoms with Crippen LogP contribution in [0.3, 0.4) is 0 Å². The highest BCUT2D eigenvalue weighted by atomic mass is 19.1. The standard InChI is InChI=1S/C29H32FN5O4/c1-18-32-26-23(27(33-18)34-10-12-35(13-11-34)28(36)39-29(2,3)4)16-31-25(24(26)30)22-15-20(38-17-37-5)14-19-8-6-7-9-21(19)22/h6-9,14-16H,10-13,17H2,1-5H3. The Hall–Kier alpha value is -4.05. The normalized spacial score (nSPS) is 14.2. The first-order valence-electron chi connectivity index (χ1n) is 12.9. The van der Waals surface area contributed by atoms with Gasteiger partial charge in [-0.1, -0.05) is 24.3 Å². The summed E-state index contributed by atoms with van der Waals surface area (Å²) in [7, 11) is 1.55. The van der Waals surface area contributed by atoms with Crippen LogP contribution in [0.15, 0.2) is 42.6 Å². The topological polar surface area (TPSA) is 89.9 Å². The number of hydrogen-bond donors (Lipinski definition) is 0. The maximum absolute atomic E-state index is 16.2. The highest BCUT2D eigenvalue weighted by Gasteiger charge is 2.28. The molecule has 0 spiro atoms. The van der Waals surface area contributed by atoms with Gasteiger partial charge >= 0.3 is 6.09 Å². The maximum Gasteiger partial charge on any atom is 0.410 e. The van der Waals surface area contributed by atoms with Crippen LogP contribution in [0.2, 0.25) is 0 Å². The lowest BCUT2D eigenvalue weighted by molar-refractivity contribution is 0.0240. The predicted molar refractivity (Wildman–Crippen MR) is 147 cm³/mol. The number of aryl methyl sites for hydroxylation is 1. The third kappa shape index (κ3) is 5.56. The van der Waals surface area contributed by atoms with E-state index < -0.39 is 11.4 Å². The van der Waals surface area contributed by atoms with Gasteiger partial charge < -0.3 is 24.0 Å². The van der Waals surface area contributed by atoms with Crippen molar-refractivity contribution in [1.82, 2.24) is 19.9 Å². The molecule has 10 heteroatoms. The van der Waals surface area contributed by atoms with Gasteiger partial charge in [0.25, 0.3) is 0 Å². The van der Waals surface area contributed by atoms with Crippen LogP contribution < -0.4 is 9.64 Å². The minimum absolute atomic E-state index is 0.0718. The monoisotopic (exact) mass is 533 g/mol. The van der Waals surface area contributed by atoms with Crippen molar-refractivity contribution in [2.75, 3.05) is 45.0 Å². The summed E-state index contributed by atoms with van der Waals surface area (Å²) in [6, 6.07) is 11.3. The zero-order valence-electron chi connectivity index (χ0n) is 22.8. The minimum Gasteiger partial charge on any atom is -0.468 e. The second kappa shape index (κ2) is 10.6. The van der Waals surface area contributed by atoms with Crippen molar-refractivity contribution in [3.63, 3.8) is 0 Å². The van der Waals surface area contributed by atoms with Gasteiger partial charge in [-0.15, -0.1) is 0 Å². The quantitative estimate of drug-likeness (QED) is 0.318. The highest BCUT2D eigenvalue weighted by molar-refractivity contribution is 5.99. The Kier molecular flexibility index (Phi) is 7.22. The molecule has 1 fully saturated rings. The molecule has 1 amide bonds. The van der Waals surface area contributed by atoms with Gasteiger partial charge in [0.15, 0.2) is 12.6 Å². The van der Waals surface area contributed by atoms with Crippen LogP contribution in [0.1, 0.15) is 26.6 Å². The summed E-state index contributed by atoms with van der Waals surface area (Å²) >= 11 is 0. The first-order chi connectivity index (χ1) is 18.6. The lowest BCUT2D eigenvalue weighted by atomic mass is 10.00. The Morgan fingerprint density at radius 2 is 1.79 bits per heavy atom. The summed E-state index contributed by atoms with van der Waals surface area (Å²) in [5.74, 6) is 1.07. The van der Waals surface area contributed by atoms with E-state index in [1.165, 1.54) is 0 Å².